The largest absolute Gasteiger partial charge is 0.349 e. The summed E-state index contributed by atoms with van der Waals surface area (Å²) in [4.78, 5) is 30.0. The van der Waals surface area contributed by atoms with Gasteiger partial charge in [-0.3, -0.25) is 14.0 Å². The van der Waals surface area contributed by atoms with Crippen LogP contribution in [0.2, 0.25) is 0 Å². The molecular formula is C19H21N3O2S. The van der Waals surface area contributed by atoms with Crippen molar-refractivity contribution in [2.24, 2.45) is 0 Å². The molecular weight excluding hydrogens is 334 g/mol. The Kier molecular flexibility index (Phi) is 4.53. The molecule has 3 aromatic heterocycles. The van der Waals surface area contributed by atoms with Gasteiger partial charge in [0.15, 0.2) is 5.65 Å². The molecule has 1 N–H and O–H groups in total. The number of carbonyl (C=O) groups excluding carboxylic acids is 1. The molecule has 1 fully saturated rings. The maximum Gasteiger partial charge on any atom is 0.275 e. The molecule has 0 unspecified atom stereocenters. The van der Waals surface area contributed by atoms with E-state index in [1.165, 1.54) is 35.0 Å². The highest BCUT2D eigenvalue weighted by Crippen LogP contribution is 2.19. The van der Waals surface area contributed by atoms with E-state index in [0.717, 1.165) is 25.7 Å². The second-order valence-electron chi connectivity index (χ2n) is 6.68. The van der Waals surface area contributed by atoms with Crippen molar-refractivity contribution in [3.8, 4) is 0 Å². The number of nitrogens with zero attached hydrogens (tertiary/aromatic N) is 2. The summed E-state index contributed by atoms with van der Waals surface area (Å²) in [6.07, 6.45) is 9.84. The zero-order chi connectivity index (χ0) is 17.2. The molecule has 0 atom stereocenters. The standard InChI is InChI=1S/C19H21N3O2S/c23-18(20-13-7-4-2-1-3-5-8-13)14-9-6-11-22-17(14)21-15-10-12-25-16(15)19(22)24/h6,9-13H,1-5,7-8H2,(H,20,23). The van der Waals surface area contributed by atoms with Gasteiger partial charge < -0.3 is 5.32 Å². The molecule has 0 bridgehead atoms. The molecule has 4 rings (SSSR count). The van der Waals surface area contributed by atoms with Gasteiger partial charge in [0.1, 0.15) is 4.70 Å². The molecule has 0 aromatic carbocycles. The highest BCUT2D eigenvalue weighted by Gasteiger charge is 2.18. The minimum Gasteiger partial charge on any atom is -0.349 e. The molecule has 0 saturated heterocycles. The Morgan fingerprint density at radius 2 is 1.92 bits per heavy atom. The summed E-state index contributed by atoms with van der Waals surface area (Å²) in [5.74, 6) is -0.134. The molecule has 5 nitrogen and oxygen atoms in total. The molecule has 0 aliphatic heterocycles. The van der Waals surface area contributed by atoms with Crippen LogP contribution in [-0.2, 0) is 0 Å². The Bertz CT molecular complexity index is 968. The third-order valence-corrected chi connectivity index (χ3v) is 5.83. The second kappa shape index (κ2) is 6.96. The summed E-state index contributed by atoms with van der Waals surface area (Å²) in [5, 5.41) is 5.02. The summed E-state index contributed by atoms with van der Waals surface area (Å²) < 4.78 is 2.10. The number of aromatic nitrogens is 2. The van der Waals surface area contributed by atoms with Crippen molar-refractivity contribution in [3.05, 3.63) is 45.7 Å². The molecule has 1 saturated carbocycles. The zero-order valence-corrected chi connectivity index (χ0v) is 14.8. The van der Waals surface area contributed by atoms with Crippen LogP contribution >= 0.6 is 11.3 Å². The van der Waals surface area contributed by atoms with Crippen molar-refractivity contribution in [3.63, 3.8) is 0 Å². The SMILES string of the molecule is O=C(NC1CCCCCCC1)c1cccn2c(=O)c3sccc3nc12. The third-order valence-electron chi connectivity index (χ3n) is 4.94. The molecule has 0 spiro atoms. The number of nitrogens with one attached hydrogen (secondary N) is 1. The summed E-state index contributed by atoms with van der Waals surface area (Å²) in [6, 6.07) is 5.52. The molecule has 1 aliphatic rings. The van der Waals surface area contributed by atoms with Gasteiger partial charge in [-0.15, -0.1) is 11.3 Å². The van der Waals surface area contributed by atoms with Crippen LogP contribution in [0, 0.1) is 0 Å². The van der Waals surface area contributed by atoms with Crippen molar-refractivity contribution in [2.45, 2.75) is 51.0 Å². The van der Waals surface area contributed by atoms with Crippen LogP contribution in [0.25, 0.3) is 15.9 Å². The number of rotatable bonds is 2. The molecule has 3 aromatic rings. The van der Waals surface area contributed by atoms with Crippen LogP contribution in [0.1, 0.15) is 55.3 Å². The fourth-order valence-corrected chi connectivity index (χ4v) is 4.36. The number of hydrogen-bond acceptors (Lipinski definition) is 4. The second-order valence-corrected chi connectivity index (χ2v) is 7.60. The lowest BCUT2D eigenvalue weighted by molar-refractivity contribution is 0.0931. The average molecular weight is 355 g/mol. The molecule has 1 amide bonds. The van der Waals surface area contributed by atoms with Crippen molar-refractivity contribution in [2.75, 3.05) is 0 Å². The van der Waals surface area contributed by atoms with Gasteiger partial charge in [0.2, 0.25) is 0 Å². The fourth-order valence-electron chi connectivity index (χ4n) is 3.59. The highest BCUT2D eigenvalue weighted by molar-refractivity contribution is 7.17. The van der Waals surface area contributed by atoms with Crippen molar-refractivity contribution < 1.29 is 4.79 Å². The monoisotopic (exact) mass is 355 g/mol. The van der Waals surface area contributed by atoms with Crippen LogP contribution in [0.4, 0.5) is 0 Å². The Labute approximate surface area is 149 Å². The van der Waals surface area contributed by atoms with Crippen LogP contribution in [0.5, 0.6) is 0 Å². The van der Waals surface area contributed by atoms with E-state index in [9.17, 15) is 9.59 Å². The van der Waals surface area contributed by atoms with Gasteiger partial charge in [-0.2, -0.15) is 0 Å². The summed E-state index contributed by atoms with van der Waals surface area (Å²) in [7, 11) is 0. The van der Waals surface area contributed by atoms with E-state index < -0.39 is 0 Å². The quantitative estimate of drug-likeness (QED) is 0.761. The van der Waals surface area contributed by atoms with E-state index in [2.05, 4.69) is 10.3 Å². The zero-order valence-electron chi connectivity index (χ0n) is 14.0. The first-order valence-electron chi connectivity index (χ1n) is 8.93. The predicted octanol–water partition coefficient (Wildman–Crippen LogP) is 3.75. The maximum absolute atomic E-state index is 12.8. The van der Waals surface area contributed by atoms with Gasteiger partial charge >= 0.3 is 0 Å². The molecule has 25 heavy (non-hydrogen) atoms. The average Bonchev–Trinajstić information content (AvgIpc) is 3.05. The number of fused-ring (bicyclic) bond motifs is 2. The summed E-state index contributed by atoms with van der Waals surface area (Å²) in [6.45, 7) is 0. The molecule has 6 heteroatoms. The maximum atomic E-state index is 12.8. The predicted molar refractivity (Wildman–Crippen MR) is 100 cm³/mol. The lowest BCUT2D eigenvalue weighted by Gasteiger charge is -2.21. The van der Waals surface area contributed by atoms with Gasteiger partial charge in [0, 0.05) is 12.2 Å². The Morgan fingerprint density at radius 1 is 1.16 bits per heavy atom. The van der Waals surface area contributed by atoms with E-state index in [0.29, 0.717) is 21.4 Å². The lowest BCUT2D eigenvalue weighted by atomic mass is 9.96. The molecule has 0 radical (unpaired) electrons. The number of hydrogen-bond donors (Lipinski definition) is 1. The number of carbonyl (C=O) groups is 1. The van der Waals surface area contributed by atoms with E-state index in [1.807, 2.05) is 11.4 Å². The Hall–Kier alpha value is -2.21. The number of pyridine rings is 1. The minimum absolute atomic E-state index is 0.115. The van der Waals surface area contributed by atoms with E-state index in [1.54, 1.807) is 18.3 Å². The van der Waals surface area contributed by atoms with Gasteiger partial charge in [-0.05, 0) is 36.4 Å². The van der Waals surface area contributed by atoms with Gasteiger partial charge in [-0.25, -0.2) is 4.98 Å². The smallest absolute Gasteiger partial charge is 0.275 e. The first-order chi connectivity index (χ1) is 12.2. The molecule has 3 heterocycles. The highest BCUT2D eigenvalue weighted by atomic mass is 32.1. The van der Waals surface area contributed by atoms with E-state index in [4.69, 9.17) is 0 Å². The topological polar surface area (TPSA) is 63.5 Å². The summed E-state index contributed by atoms with van der Waals surface area (Å²) >= 11 is 1.38. The van der Waals surface area contributed by atoms with Gasteiger partial charge in [-0.1, -0.05) is 32.1 Å². The molecule has 1 aliphatic carbocycles. The number of amides is 1. The Morgan fingerprint density at radius 3 is 2.72 bits per heavy atom. The van der Waals surface area contributed by atoms with E-state index >= 15 is 0 Å². The first kappa shape index (κ1) is 16.3. The first-order valence-corrected chi connectivity index (χ1v) is 9.81. The summed E-state index contributed by atoms with van der Waals surface area (Å²) in [5.41, 5.74) is 1.44. The Balaban J connectivity index is 1.69. The van der Waals surface area contributed by atoms with Crippen LogP contribution < -0.4 is 10.9 Å². The van der Waals surface area contributed by atoms with Crippen molar-refractivity contribution >= 4 is 33.1 Å². The van der Waals surface area contributed by atoms with Crippen molar-refractivity contribution in [1.29, 1.82) is 0 Å². The minimum atomic E-state index is -0.134. The normalized spacial score (nSPS) is 16.6. The van der Waals surface area contributed by atoms with Crippen LogP contribution in [0.3, 0.4) is 0 Å². The van der Waals surface area contributed by atoms with Gasteiger partial charge in [0.05, 0.1) is 11.1 Å². The van der Waals surface area contributed by atoms with Crippen molar-refractivity contribution in [1.82, 2.24) is 14.7 Å². The van der Waals surface area contributed by atoms with Crippen LogP contribution in [-0.4, -0.2) is 21.3 Å². The van der Waals surface area contributed by atoms with Gasteiger partial charge in [0.25, 0.3) is 11.5 Å². The van der Waals surface area contributed by atoms with Crippen LogP contribution in [0.15, 0.2) is 34.6 Å². The third kappa shape index (κ3) is 3.18. The number of thiophene rings is 1. The molecule has 130 valence electrons. The lowest BCUT2D eigenvalue weighted by Crippen LogP contribution is -2.35. The fraction of sp³-hybridized carbons (Fsp3) is 0.421. The van der Waals surface area contributed by atoms with E-state index in [-0.39, 0.29) is 17.5 Å².